The van der Waals surface area contributed by atoms with Crippen molar-refractivity contribution in [3.63, 3.8) is 0 Å². The fraction of sp³-hybridized carbons (Fsp3) is 0.140. The number of nitrogens with zero attached hydrogens (tertiary/aromatic N) is 14. The summed E-state index contributed by atoms with van der Waals surface area (Å²) in [6.45, 7) is 3.33. The van der Waals surface area contributed by atoms with Crippen LogP contribution < -0.4 is 36.6 Å². The van der Waals surface area contributed by atoms with Gasteiger partial charge in [-0.1, -0.05) is 30.3 Å². The quantitative estimate of drug-likeness (QED) is 0.0153. The van der Waals surface area contributed by atoms with Crippen molar-refractivity contribution >= 4 is 213 Å². The zero-order valence-corrected chi connectivity index (χ0v) is 61.8. The van der Waals surface area contributed by atoms with Crippen LogP contribution in [0.25, 0.3) is 32.3 Å². The number of carbonyl (C=O) groups excluding carboxylic acids is 1. The number of fused-ring (bicyclic) bond motifs is 3. The molecule has 14 N–H and O–H groups in total. The van der Waals surface area contributed by atoms with Crippen LogP contribution in [0.1, 0.15) is 6.92 Å². The molecule has 1 amide bonds. The Morgan fingerprint density at radius 1 is 0.514 bits per heavy atom. The first-order chi connectivity index (χ1) is 50.8. The number of azo groups is 3. The van der Waals surface area contributed by atoms with Crippen molar-refractivity contribution in [2.24, 2.45) is 30.7 Å². The smallest absolute Gasteiger partial charge is 0.297 e. The van der Waals surface area contributed by atoms with Crippen LogP contribution in [0.3, 0.4) is 0 Å². The van der Waals surface area contributed by atoms with Gasteiger partial charge in [0, 0.05) is 79.5 Å². The number of nitrogen functional groups attached to an aromatic ring is 1. The minimum absolute atomic E-state index is 0.00893. The van der Waals surface area contributed by atoms with Crippen LogP contribution in [0, 0.1) is 0 Å². The van der Waals surface area contributed by atoms with Crippen molar-refractivity contribution in [2.75, 3.05) is 78.3 Å². The molecule has 0 spiro atoms. The summed E-state index contributed by atoms with van der Waals surface area (Å²) in [6.07, 6.45) is 0. The number of methoxy groups -OCH3 is 1. The van der Waals surface area contributed by atoms with Crippen LogP contribution in [-0.2, 0) is 75.6 Å². The minimum atomic E-state index is -5.59. The molecule has 1 aliphatic heterocycles. The summed E-state index contributed by atoms with van der Waals surface area (Å²) in [4.78, 5) is 34.7. The second-order valence-electron chi connectivity index (χ2n) is 22.7. The van der Waals surface area contributed by atoms with Gasteiger partial charge in [0.15, 0.2) is 5.75 Å². The number of ether oxygens (including phenoxy) is 1. The highest BCUT2D eigenvalue weighted by molar-refractivity contribution is 7.87. The number of phenolic OH excluding ortho intramolecular Hbond substituents is 1. The Bertz CT molecular complexity index is 6470. The van der Waals surface area contributed by atoms with Crippen molar-refractivity contribution in [3.05, 3.63) is 114 Å². The van der Waals surface area contributed by atoms with E-state index >= 15 is 0 Å². The number of halogens is 2. The van der Waals surface area contributed by atoms with E-state index in [9.17, 15) is 101 Å². The van der Waals surface area contributed by atoms with Crippen LogP contribution >= 0.6 is 23.2 Å². The number of carbonyl (C=O) groups is 1. The molecule has 3 heterocycles. The first-order valence-electron chi connectivity index (χ1n) is 29.9. The highest BCUT2D eigenvalue weighted by atomic mass is 35.5. The third-order valence-corrected chi connectivity index (χ3v) is 22.2. The van der Waals surface area contributed by atoms with Crippen molar-refractivity contribution in [1.82, 2.24) is 34.8 Å². The van der Waals surface area contributed by atoms with E-state index in [4.69, 9.17) is 33.7 Å². The Balaban J connectivity index is 0.788. The summed E-state index contributed by atoms with van der Waals surface area (Å²) in [7, 11) is -35.5. The molecule has 10 aromatic rings. The van der Waals surface area contributed by atoms with Gasteiger partial charge in [-0.15, -0.1) is 25.6 Å². The number of hydrogen-bond donors (Lipinski definition) is 13. The van der Waals surface area contributed by atoms with Gasteiger partial charge in [0.25, 0.3) is 70.8 Å². The molecule has 0 unspecified atom stereocenters. The van der Waals surface area contributed by atoms with Gasteiger partial charge in [0.2, 0.25) is 40.3 Å². The highest BCUT2D eigenvalue weighted by Crippen LogP contribution is 2.50. The zero-order valence-electron chi connectivity index (χ0n) is 54.6. The Labute approximate surface area is 624 Å². The topological polar surface area (TPSA) is 659 Å². The molecule has 0 aliphatic carbocycles. The summed E-state index contributed by atoms with van der Waals surface area (Å²) in [5.41, 5.74) is 0.948. The first-order valence-corrected chi connectivity index (χ1v) is 40.7. The van der Waals surface area contributed by atoms with E-state index in [1.165, 1.54) is 32.2 Å². The van der Waals surface area contributed by atoms with Crippen LogP contribution in [0.4, 0.5) is 80.7 Å². The fourth-order valence-electron chi connectivity index (χ4n) is 11.0. The molecular formula is C57H49Cl2N19O24S7. The van der Waals surface area contributed by atoms with Crippen molar-refractivity contribution < 1.29 is 105 Å². The molecule has 0 saturated carbocycles. The Hall–Kier alpha value is -10.7. The molecule has 52 heteroatoms. The van der Waals surface area contributed by atoms with Gasteiger partial charge >= 0.3 is 0 Å². The summed E-state index contributed by atoms with van der Waals surface area (Å²) < 4.78 is 253. The molecule has 1 saturated heterocycles. The van der Waals surface area contributed by atoms with E-state index < -0.39 is 167 Å². The number of nitrogens with two attached hydrogens (primary N) is 1. The van der Waals surface area contributed by atoms with Gasteiger partial charge < -0.3 is 41.7 Å². The Kier molecular flexibility index (Phi) is 21.9. The molecule has 109 heavy (non-hydrogen) atoms. The van der Waals surface area contributed by atoms with Gasteiger partial charge in [0.05, 0.1) is 35.2 Å². The SMILES string of the molecule is COc1cc(N=Nc2cc(S(=O)(=O)O)c3cccc(S(=O)(=O)O)c3c2)c(NC(C)=O)cc1Nc1nc(Cl)nc(N2CCN(CCNc3nc(Cl)nc(Nc4ccc(S(=O)(=O)O)c(N=Nc5c(S(=O)(=O)O)cc6cc(S(=O)(=O)O)c(N=Nc7ccc8c(S(=O)(=O)O)cccc8c7S(=O)(=O)O)c(N)c6c5O)c4)n3)CC2)n1. The maximum Gasteiger partial charge on any atom is 0.297 e. The minimum Gasteiger partial charge on any atom is -0.505 e. The van der Waals surface area contributed by atoms with Crippen molar-refractivity contribution in [3.8, 4) is 11.5 Å². The number of benzene rings is 8. The molecule has 1 aliphatic rings. The van der Waals surface area contributed by atoms with Crippen LogP contribution in [0.5, 0.6) is 11.5 Å². The largest absolute Gasteiger partial charge is 0.505 e. The molecular weight excluding hydrogens is 1630 g/mol. The van der Waals surface area contributed by atoms with E-state index in [-0.39, 0.29) is 85.9 Å². The fourth-order valence-corrected chi connectivity index (χ4v) is 16.2. The number of aromatic nitrogens is 6. The van der Waals surface area contributed by atoms with Crippen molar-refractivity contribution in [2.45, 2.75) is 41.2 Å². The molecule has 0 radical (unpaired) electrons. The average molecular weight is 1680 g/mol. The van der Waals surface area contributed by atoms with Crippen LogP contribution in [0.15, 0.2) is 168 Å². The average Bonchev–Trinajstić information content (AvgIpc) is 0.747. The molecule has 8 aromatic carbocycles. The van der Waals surface area contributed by atoms with Gasteiger partial charge in [-0.2, -0.15) is 93.9 Å². The number of piperazine rings is 1. The number of anilines is 8. The summed E-state index contributed by atoms with van der Waals surface area (Å²) in [6, 6.07) is 16.3. The van der Waals surface area contributed by atoms with Crippen LogP contribution in [0.2, 0.25) is 10.6 Å². The van der Waals surface area contributed by atoms with E-state index in [0.29, 0.717) is 44.9 Å². The molecule has 2 aromatic heterocycles. The molecule has 43 nitrogen and oxygen atoms in total. The lowest BCUT2D eigenvalue weighted by atomic mass is 10.1. The number of rotatable bonds is 24. The lowest BCUT2D eigenvalue weighted by Gasteiger charge is -2.34. The second-order valence-corrected chi connectivity index (χ2v) is 33.1. The number of amides is 1. The van der Waals surface area contributed by atoms with E-state index in [1.807, 2.05) is 9.80 Å². The van der Waals surface area contributed by atoms with E-state index in [1.54, 1.807) is 0 Å². The standard InChI is InChI=1S/C57H49Cl2N19O24S7/c1-26(79)62-35-24-37(39(102-2)25-36(35)73-71-29-21-33-30(43(23-29)106(90,91)92)5-3-8-41(33)104(84,85)86)64-56-67-53(59)68-57(70-56)78-17-15-77(16-18-78)14-13-61-54-65-52(58)66-55(69-54)63-28-9-12-42(105(87,88)89)38(22-28)74-76-49-45(108(96,97)98)20-27-19-44(107(93,94)95)48(47(60)46(27)50(49)80)75-72-34-11-10-31-32(51(34)109(99,100)101)6-4-7-40(31)103(81,82)83/h3-12,19-25,80H,13-18,60H2,1-2H3,(H,62,79)(H,81,82,83)(H,84,85,86)(H,87,88,89)(H,90,91,92)(H,93,94,95)(H,96,97,98)(H,99,100,101)(H,64,67,68,70)(H2,61,63,65,66,69). The Morgan fingerprint density at radius 2 is 1.06 bits per heavy atom. The molecule has 11 rings (SSSR count). The second kappa shape index (κ2) is 30.1. The van der Waals surface area contributed by atoms with Gasteiger partial charge in [0.1, 0.15) is 68.5 Å². The van der Waals surface area contributed by atoms with E-state index in [2.05, 4.69) is 81.9 Å². The molecule has 1 fully saturated rings. The lowest BCUT2D eigenvalue weighted by Crippen LogP contribution is -2.48. The first kappa shape index (κ1) is 79.4. The predicted octanol–water partition coefficient (Wildman–Crippen LogP) is 8.77. The summed E-state index contributed by atoms with van der Waals surface area (Å²) in [5, 5.41) is 42.4. The highest BCUT2D eigenvalue weighted by Gasteiger charge is 2.31. The predicted molar refractivity (Wildman–Crippen MR) is 386 cm³/mol. The molecule has 0 bridgehead atoms. The van der Waals surface area contributed by atoms with Gasteiger partial charge in [-0.05, 0) is 95.3 Å². The Morgan fingerprint density at radius 3 is 1.67 bits per heavy atom. The maximum atomic E-state index is 12.9. The third kappa shape index (κ3) is 17.9. The molecule has 0 atom stereocenters. The van der Waals surface area contributed by atoms with Gasteiger partial charge in [-0.3, -0.25) is 41.6 Å². The lowest BCUT2D eigenvalue weighted by molar-refractivity contribution is -0.114. The number of nitrogens with one attached hydrogen (secondary N) is 4. The maximum absolute atomic E-state index is 12.9. The van der Waals surface area contributed by atoms with Gasteiger partial charge in [-0.25, -0.2) is 0 Å². The van der Waals surface area contributed by atoms with Crippen LogP contribution in [-0.4, -0.2) is 183 Å². The monoisotopic (exact) mass is 1680 g/mol. The van der Waals surface area contributed by atoms with E-state index in [0.717, 1.165) is 72.8 Å². The van der Waals surface area contributed by atoms with Crippen molar-refractivity contribution in [1.29, 1.82) is 0 Å². The third-order valence-electron chi connectivity index (χ3n) is 15.5. The number of aromatic hydroxyl groups is 1. The number of phenols is 1. The summed E-state index contributed by atoms with van der Waals surface area (Å²) >= 11 is 12.7. The normalized spacial score (nSPS) is 13.8. The molecule has 572 valence electrons. The zero-order chi connectivity index (χ0) is 79.4. The summed E-state index contributed by atoms with van der Waals surface area (Å²) in [5.74, 6) is -2.18. The number of hydrogen-bond acceptors (Lipinski definition) is 35.